The fourth-order valence-electron chi connectivity index (χ4n) is 3.43. The van der Waals surface area contributed by atoms with Crippen LogP contribution in [0.15, 0.2) is 54.6 Å². The Kier molecular flexibility index (Phi) is 8.62. The van der Waals surface area contributed by atoms with Crippen LogP contribution in [0.4, 0.5) is 5.69 Å². The maximum absolute atomic E-state index is 13.4. The van der Waals surface area contributed by atoms with Crippen LogP contribution in [-0.4, -0.2) is 50.5 Å². The van der Waals surface area contributed by atoms with E-state index in [1.165, 1.54) is 4.90 Å². The topological polar surface area (TPSA) is 86.8 Å². The van der Waals surface area contributed by atoms with Gasteiger partial charge in [-0.25, -0.2) is 8.42 Å². The Hall–Kier alpha value is -2.87. The normalized spacial score (nSPS) is 12.1. The van der Waals surface area contributed by atoms with Gasteiger partial charge >= 0.3 is 0 Å². The lowest BCUT2D eigenvalue weighted by molar-refractivity contribution is -0.140. The van der Waals surface area contributed by atoms with Crippen molar-refractivity contribution in [3.63, 3.8) is 0 Å². The SMILES string of the molecule is CCNC(=O)[C@@H](CC)N(Cc1ccccc1)C(=O)CN(c1ccccc1C)S(C)(=O)=O. The van der Waals surface area contributed by atoms with Crippen LogP contribution in [-0.2, 0) is 26.2 Å². The number of likely N-dealkylation sites (N-methyl/N-ethyl adjacent to an activating group) is 1. The first-order valence-electron chi connectivity index (χ1n) is 10.3. The van der Waals surface area contributed by atoms with E-state index in [9.17, 15) is 18.0 Å². The van der Waals surface area contributed by atoms with E-state index in [0.717, 1.165) is 21.7 Å². The first kappa shape index (κ1) is 24.4. The second-order valence-electron chi connectivity index (χ2n) is 7.38. The molecule has 0 aliphatic heterocycles. The molecule has 0 fully saturated rings. The molecule has 2 amide bonds. The monoisotopic (exact) mass is 445 g/mol. The summed E-state index contributed by atoms with van der Waals surface area (Å²) < 4.78 is 26.2. The number of carbonyl (C=O) groups excluding carboxylic acids is 2. The van der Waals surface area contributed by atoms with E-state index >= 15 is 0 Å². The Morgan fingerprint density at radius 2 is 1.61 bits per heavy atom. The third-order valence-corrected chi connectivity index (χ3v) is 6.12. The molecule has 1 N–H and O–H groups in total. The van der Waals surface area contributed by atoms with E-state index < -0.39 is 22.0 Å². The molecule has 0 heterocycles. The predicted octanol–water partition coefficient (Wildman–Crippen LogP) is 2.70. The zero-order valence-electron chi connectivity index (χ0n) is 18.5. The number of nitrogens with zero attached hydrogens (tertiary/aromatic N) is 2. The van der Waals surface area contributed by atoms with Crippen LogP contribution in [0.2, 0.25) is 0 Å². The molecular weight excluding hydrogens is 414 g/mol. The number of hydrogen-bond donors (Lipinski definition) is 1. The fraction of sp³-hybridized carbons (Fsp3) is 0.391. The lowest BCUT2D eigenvalue weighted by Gasteiger charge is -2.33. The lowest BCUT2D eigenvalue weighted by Crippen LogP contribution is -2.52. The molecule has 2 aromatic rings. The molecule has 0 saturated heterocycles. The van der Waals surface area contributed by atoms with Crippen LogP contribution in [0.3, 0.4) is 0 Å². The van der Waals surface area contributed by atoms with Crippen molar-refractivity contribution in [3.8, 4) is 0 Å². The third kappa shape index (κ3) is 6.55. The Labute approximate surface area is 185 Å². The molecule has 7 nitrogen and oxygen atoms in total. The number of anilines is 1. The van der Waals surface area contributed by atoms with Crippen molar-refractivity contribution in [1.82, 2.24) is 10.2 Å². The summed E-state index contributed by atoms with van der Waals surface area (Å²) in [6.07, 6.45) is 1.49. The quantitative estimate of drug-likeness (QED) is 0.609. The van der Waals surface area contributed by atoms with Gasteiger partial charge in [-0.15, -0.1) is 0 Å². The van der Waals surface area contributed by atoms with Gasteiger partial charge in [0.05, 0.1) is 11.9 Å². The van der Waals surface area contributed by atoms with Gasteiger partial charge in [0.25, 0.3) is 0 Å². The smallest absolute Gasteiger partial charge is 0.244 e. The molecule has 168 valence electrons. The minimum Gasteiger partial charge on any atom is -0.355 e. The molecule has 1 atom stereocenters. The molecule has 0 saturated carbocycles. The zero-order valence-corrected chi connectivity index (χ0v) is 19.4. The van der Waals surface area contributed by atoms with Crippen LogP contribution in [0, 0.1) is 6.92 Å². The second-order valence-corrected chi connectivity index (χ2v) is 9.29. The number of carbonyl (C=O) groups is 2. The standard InChI is InChI=1S/C23H31N3O4S/c1-5-20(23(28)24-6-2)25(16-19-13-8-7-9-14-19)22(27)17-26(31(4,29)30)21-15-11-10-12-18(21)3/h7-15,20H,5-6,16-17H2,1-4H3,(H,24,28)/t20-/m1/s1. The summed E-state index contributed by atoms with van der Waals surface area (Å²) >= 11 is 0. The third-order valence-electron chi connectivity index (χ3n) is 5.00. The Balaban J connectivity index is 2.42. The molecule has 2 aromatic carbocycles. The summed E-state index contributed by atoms with van der Waals surface area (Å²) in [5.74, 6) is -0.688. The van der Waals surface area contributed by atoms with E-state index in [-0.39, 0.29) is 19.0 Å². The molecule has 0 spiro atoms. The highest BCUT2D eigenvalue weighted by molar-refractivity contribution is 7.92. The van der Waals surface area contributed by atoms with Gasteiger partial charge in [0.1, 0.15) is 12.6 Å². The van der Waals surface area contributed by atoms with E-state index in [1.807, 2.05) is 50.2 Å². The minimum atomic E-state index is -3.72. The largest absolute Gasteiger partial charge is 0.355 e. The molecule has 0 unspecified atom stereocenters. The van der Waals surface area contributed by atoms with Crippen LogP contribution in [0.25, 0.3) is 0 Å². The summed E-state index contributed by atoms with van der Waals surface area (Å²) in [6, 6.07) is 15.7. The fourth-order valence-corrected chi connectivity index (χ4v) is 4.34. The minimum absolute atomic E-state index is 0.209. The summed E-state index contributed by atoms with van der Waals surface area (Å²) in [6.45, 7) is 5.72. The predicted molar refractivity (Wildman–Crippen MR) is 123 cm³/mol. The zero-order chi connectivity index (χ0) is 23.0. The molecular formula is C23H31N3O4S. The van der Waals surface area contributed by atoms with Gasteiger partial charge in [-0.3, -0.25) is 13.9 Å². The van der Waals surface area contributed by atoms with Gasteiger partial charge in [-0.2, -0.15) is 0 Å². The number of nitrogens with one attached hydrogen (secondary N) is 1. The summed E-state index contributed by atoms with van der Waals surface area (Å²) in [5.41, 5.74) is 2.05. The van der Waals surface area contributed by atoms with Crippen LogP contribution < -0.4 is 9.62 Å². The van der Waals surface area contributed by atoms with Crippen molar-refractivity contribution in [3.05, 3.63) is 65.7 Å². The van der Waals surface area contributed by atoms with E-state index in [0.29, 0.717) is 18.7 Å². The first-order chi connectivity index (χ1) is 14.7. The average molecular weight is 446 g/mol. The second kappa shape index (κ2) is 10.9. The van der Waals surface area contributed by atoms with Crippen molar-refractivity contribution in [2.24, 2.45) is 0 Å². The number of benzene rings is 2. The van der Waals surface area contributed by atoms with Crippen LogP contribution in [0.1, 0.15) is 31.4 Å². The number of hydrogen-bond acceptors (Lipinski definition) is 4. The van der Waals surface area contributed by atoms with Crippen LogP contribution in [0.5, 0.6) is 0 Å². The van der Waals surface area contributed by atoms with Gasteiger partial charge in [0, 0.05) is 13.1 Å². The average Bonchev–Trinajstić information content (AvgIpc) is 2.72. The maximum Gasteiger partial charge on any atom is 0.244 e. The molecule has 0 aliphatic rings. The highest BCUT2D eigenvalue weighted by Crippen LogP contribution is 2.23. The highest BCUT2D eigenvalue weighted by Gasteiger charge is 2.31. The summed E-state index contributed by atoms with van der Waals surface area (Å²) in [7, 11) is -3.72. The van der Waals surface area contributed by atoms with Crippen molar-refractivity contribution >= 4 is 27.5 Å². The molecule has 31 heavy (non-hydrogen) atoms. The van der Waals surface area contributed by atoms with E-state index in [2.05, 4.69) is 5.32 Å². The molecule has 0 aliphatic carbocycles. The van der Waals surface area contributed by atoms with Gasteiger partial charge < -0.3 is 10.2 Å². The van der Waals surface area contributed by atoms with Crippen molar-refractivity contribution < 1.29 is 18.0 Å². The number of amides is 2. The van der Waals surface area contributed by atoms with Crippen molar-refractivity contribution in [2.75, 3.05) is 23.7 Å². The Morgan fingerprint density at radius 3 is 2.16 bits per heavy atom. The summed E-state index contributed by atoms with van der Waals surface area (Å²) in [5, 5.41) is 2.78. The van der Waals surface area contributed by atoms with Gasteiger partial charge in [-0.05, 0) is 37.5 Å². The van der Waals surface area contributed by atoms with E-state index in [1.54, 1.807) is 25.1 Å². The lowest BCUT2D eigenvalue weighted by atomic mass is 10.1. The van der Waals surface area contributed by atoms with Gasteiger partial charge in [-0.1, -0.05) is 55.5 Å². The summed E-state index contributed by atoms with van der Waals surface area (Å²) in [4.78, 5) is 27.6. The first-order valence-corrected chi connectivity index (χ1v) is 12.2. The molecule has 2 rings (SSSR count). The van der Waals surface area contributed by atoms with Crippen LogP contribution >= 0.6 is 0 Å². The Bertz CT molecular complexity index is 993. The van der Waals surface area contributed by atoms with Gasteiger partial charge in [0.15, 0.2) is 0 Å². The number of rotatable bonds is 10. The van der Waals surface area contributed by atoms with Crippen molar-refractivity contribution in [2.45, 2.75) is 39.8 Å². The molecule has 0 bridgehead atoms. The molecule has 0 aromatic heterocycles. The van der Waals surface area contributed by atoms with E-state index in [4.69, 9.17) is 0 Å². The van der Waals surface area contributed by atoms with Crippen molar-refractivity contribution in [1.29, 1.82) is 0 Å². The number of sulfonamides is 1. The van der Waals surface area contributed by atoms with Gasteiger partial charge in [0.2, 0.25) is 21.8 Å². The maximum atomic E-state index is 13.4. The Morgan fingerprint density at radius 1 is 1.00 bits per heavy atom. The number of para-hydroxylation sites is 1. The molecule has 8 heteroatoms. The highest BCUT2D eigenvalue weighted by atomic mass is 32.2. The molecule has 0 radical (unpaired) electrons. The number of aryl methyl sites for hydroxylation is 1.